The van der Waals surface area contributed by atoms with E-state index in [0.717, 1.165) is 26.1 Å². The van der Waals surface area contributed by atoms with E-state index in [1.807, 2.05) is 24.1 Å². The van der Waals surface area contributed by atoms with Crippen molar-refractivity contribution >= 4 is 0 Å². The Labute approximate surface area is 77.8 Å². The van der Waals surface area contributed by atoms with Crippen LogP contribution in [0.25, 0.3) is 0 Å². The molecule has 4 heteroatoms. The predicted molar refractivity (Wildman–Crippen MR) is 49.1 cm³/mol. The van der Waals surface area contributed by atoms with Crippen molar-refractivity contribution in [1.29, 1.82) is 0 Å². The molecule has 1 N–H and O–H groups in total. The molecule has 0 bridgehead atoms. The number of aliphatic hydroxyl groups excluding tert-OH is 1. The average Bonchev–Trinajstić information content (AvgIpc) is 2.64. The maximum atomic E-state index is 9.33. The first kappa shape index (κ1) is 8.72. The summed E-state index contributed by atoms with van der Waals surface area (Å²) in [6.45, 7) is 2.69. The first-order valence-corrected chi connectivity index (χ1v) is 4.61. The second-order valence-corrected chi connectivity index (χ2v) is 3.67. The van der Waals surface area contributed by atoms with Gasteiger partial charge in [-0.05, 0) is 6.42 Å². The molecule has 2 heterocycles. The molecule has 0 aliphatic carbocycles. The van der Waals surface area contributed by atoms with Crippen molar-refractivity contribution in [3.8, 4) is 0 Å². The maximum Gasteiger partial charge on any atom is 0.0945 e. The highest BCUT2D eigenvalue weighted by Crippen LogP contribution is 2.12. The van der Waals surface area contributed by atoms with E-state index in [1.54, 1.807) is 0 Å². The normalized spacial score (nSPS) is 24.0. The lowest BCUT2D eigenvalue weighted by Gasteiger charge is -2.14. The third-order valence-corrected chi connectivity index (χ3v) is 2.55. The summed E-state index contributed by atoms with van der Waals surface area (Å²) in [5.41, 5.74) is 1.20. The van der Waals surface area contributed by atoms with Gasteiger partial charge in [0.15, 0.2) is 0 Å². The van der Waals surface area contributed by atoms with Crippen LogP contribution in [0.5, 0.6) is 0 Å². The number of likely N-dealkylation sites (tertiary alicyclic amines) is 1. The molecule has 0 spiro atoms. The van der Waals surface area contributed by atoms with Gasteiger partial charge in [-0.25, -0.2) is 4.98 Å². The average molecular weight is 181 g/mol. The molecular formula is C9H15N3O. The Hall–Kier alpha value is -0.870. The van der Waals surface area contributed by atoms with Gasteiger partial charge in [0.2, 0.25) is 0 Å². The van der Waals surface area contributed by atoms with E-state index in [-0.39, 0.29) is 6.10 Å². The Morgan fingerprint density at radius 3 is 3.08 bits per heavy atom. The Morgan fingerprint density at radius 1 is 1.69 bits per heavy atom. The zero-order valence-electron chi connectivity index (χ0n) is 7.85. The van der Waals surface area contributed by atoms with Gasteiger partial charge in [0, 0.05) is 32.9 Å². The van der Waals surface area contributed by atoms with E-state index >= 15 is 0 Å². The molecule has 1 aliphatic heterocycles. The smallest absolute Gasteiger partial charge is 0.0945 e. The van der Waals surface area contributed by atoms with Crippen LogP contribution in [0, 0.1) is 0 Å². The Morgan fingerprint density at radius 2 is 2.54 bits per heavy atom. The van der Waals surface area contributed by atoms with Crippen molar-refractivity contribution in [2.24, 2.45) is 7.05 Å². The highest BCUT2D eigenvalue weighted by molar-refractivity contribution is 4.98. The zero-order valence-corrected chi connectivity index (χ0v) is 7.85. The molecule has 2 rings (SSSR count). The topological polar surface area (TPSA) is 41.3 Å². The molecule has 13 heavy (non-hydrogen) atoms. The van der Waals surface area contributed by atoms with Crippen molar-refractivity contribution in [3.63, 3.8) is 0 Å². The highest BCUT2D eigenvalue weighted by Gasteiger charge is 2.20. The minimum Gasteiger partial charge on any atom is -0.392 e. The van der Waals surface area contributed by atoms with Crippen LogP contribution < -0.4 is 0 Å². The fraction of sp³-hybridized carbons (Fsp3) is 0.667. The molecule has 0 saturated carbocycles. The van der Waals surface area contributed by atoms with Crippen molar-refractivity contribution < 1.29 is 5.11 Å². The summed E-state index contributed by atoms with van der Waals surface area (Å²) in [4.78, 5) is 6.31. The van der Waals surface area contributed by atoms with Crippen molar-refractivity contribution in [1.82, 2.24) is 14.5 Å². The van der Waals surface area contributed by atoms with E-state index in [2.05, 4.69) is 9.88 Å². The SMILES string of the molecule is Cn1cncc1CN1CCC(O)C1. The fourth-order valence-electron chi connectivity index (χ4n) is 1.72. The molecule has 4 nitrogen and oxygen atoms in total. The molecule has 0 radical (unpaired) electrons. The van der Waals surface area contributed by atoms with Gasteiger partial charge in [0.25, 0.3) is 0 Å². The van der Waals surface area contributed by atoms with E-state index in [4.69, 9.17) is 0 Å². The van der Waals surface area contributed by atoms with Gasteiger partial charge >= 0.3 is 0 Å². The van der Waals surface area contributed by atoms with E-state index in [0.29, 0.717) is 0 Å². The molecule has 1 fully saturated rings. The number of hydrogen-bond donors (Lipinski definition) is 1. The predicted octanol–water partition coefficient (Wildman–Crippen LogP) is -0.0133. The lowest BCUT2D eigenvalue weighted by Crippen LogP contribution is -2.22. The molecule has 72 valence electrons. The zero-order chi connectivity index (χ0) is 9.26. The van der Waals surface area contributed by atoms with Gasteiger partial charge in [0.05, 0.1) is 18.1 Å². The van der Waals surface area contributed by atoms with Crippen LogP contribution in [0.2, 0.25) is 0 Å². The number of hydrogen-bond acceptors (Lipinski definition) is 3. The summed E-state index contributed by atoms with van der Waals surface area (Å²) in [7, 11) is 1.99. The van der Waals surface area contributed by atoms with Gasteiger partial charge in [-0.3, -0.25) is 4.90 Å². The molecule has 0 aromatic carbocycles. The Bertz CT molecular complexity index is 284. The van der Waals surface area contributed by atoms with Gasteiger partial charge in [0.1, 0.15) is 0 Å². The number of aliphatic hydroxyl groups is 1. The first-order chi connectivity index (χ1) is 6.25. The quantitative estimate of drug-likeness (QED) is 0.697. The minimum absolute atomic E-state index is 0.131. The largest absolute Gasteiger partial charge is 0.392 e. The lowest BCUT2D eigenvalue weighted by atomic mass is 10.3. The van der Waals surface area contributed by atoms with Crippen LogP contribution in [0.1, 0.15) is 12.1 Å². The van der Waals surface area contributed by atoms with Crippen LogP contribution >= 0.6 is 0 Å². The number of imidazole rings is 1. The highest BCUT2D eigenvalue weighted by atomic mass is 16.3. The monoisotopic (exact) mass is 181 g/mol. The van der Waals surface area contributed by atoms with E-state index < -0.39 is 0 Å². The van der Waals surface area contributed by atoms with Crippen LogP contribution in [0.3, 0.4) is 0 Å². The van der Waals surface area contributed by atoms with Crippen LogP contribution in [0.15, 0.2) is 12.5 Å². The summed E-state index contributed by atoms with van der Waals surface area (Å²) in [6, 6.07) is 0. The van der Waals surface area contributed by atoms with Crippen LogP contribution in [0.4, 0.5) is 0 Å². The number of nitrogens with zero attached hydrogens (tertiary/aromatic N) is 3. The second-order valence-electron chi connectivity index (χ2n) is 3.67. The van der Waals surface area contributed by atoms with E-state index in [1.165, 1.54) is 5.69 Å². The number of aryl methyl sites for hydroxylation is 1. The number of β-amino-alcohol motifs (C(OH)–C–C–N with tert-alkyl or cyclic N) is 1. The molecular weight excluding hydrogens is 166 g/mol. The Kier molecular flexibility index (Phi) is 2.33. The second kappa shape index (κ2) is 3.47. The standard InChI is InChI=1S/C9H15N3O/c1-11-7-10-4-8(11)5-12-3-2-9(13)6-12/h4,7,9,13H,2-3,5-6H2,1H3. The number of rotatable bonds is 2. The summed E-state index contributed by atoms with van der Waals surface area (Å²) < 4.78 is 2.02. The van der Waals surface area contributed by atoms with Gasteiger partial charge in [-0.15, -0.1) is 0 Å². The van der Waals surface area contributed by atoms with Gasteiger partial charge in [-0.2, -0.15) is 0 Å². The van der Waals surface area contributed by atoms with Gasteiger partial charge in [-0.1, -0.05) is 0 Å². The summed E-state index contributed by atoms with van der Waals surface area (Å²) in [5.74, 6) is 0. The lowest BCUT2D eigenvalue weighted by molar-refractivity contribution is 0.174. The fourth-order valence-corrected chi connectivity index (χ4v) is 1.72. The van der Waals surface area contributed by atoms with Crippen molar-refractivity contribution in [2.75, 3.05) is 13.1 Å². The summed E-state index contributed by atoms with van der Waals surface area (Å²) >= 11 is 0. The Balaban J connectivity index is 1.95. The minimum atomic E-state index is -0.131. The molecule has 0 amide bonds. The molecule has 1 saturated heterocycles. The van der Waals surface area contributed by atoms with Crippen LogP contribution in [-0.4, -0.2) is 38.8 Å². The summed E-state index contributed by atoms with van der Waals surface area (Å²) in [6.07, 6.45) is 4.46. The van der Waals surface area contributed by atoms with Crippen molar-refractivity contribution in [3.05, 3.63) is 18.2 Å². The first-order valence-electron chi connectivity index (χ1n) is 4.61. The molecule has 1 aromatic rings. The van der Waals surface area contributed by atoms with Crippen molar-refractivity contribution in [2.45, 2.75) is 19.1 Å². The molecule has 1 aromatic heterocycles. The number of aromatic nitrogens is 2. The third kappa shape index (κ3) is 1.89. The maximum absolute atomic E-state index is 9.33. The van der Waals surface area contributed by atoms with E-state index in [9.17, 15) is 5.11 Å². The third-order valence-electron chi connectivity index (χ3n) is 2.55. The molecule has 1 atom stereocenters. The molecule has 1 unspecified atom stereocenters. The van der Waals surface area contributed by atoms with Crippen LogP contribution in [-0.2, 0) is 13.6 Å². The summed E-state index contributed by atoms with van der Waals surface area (Å²) in [5, 5.41) is 9.33. The molecule has 1 aliphatic rings. The van der Waals surface area contributed by atoms with Gasteiger partial charge < -0.3 is 9.67 Å².